The van der Waals surface area contributed by atoms with Gasteiger partial charge in [-0.15, -0.1) is 0 Å². The van der Waals surface area contributed by atoms with Crippen LogP contribution in [0.1, 0.15) is 0 Å². The van der Waals surface area contributed by atoms with Crippen LogP contribution in [0.15, 0.2) is 78.2 Å². The van der Waals surface area contributed by atoms with Gasteiger partial charge in [-0.3, -0.25) is 4.90 Å². The van der Waals surface area contributed by atoms with Gasteiger partial charge in [-0.05, 0) is 36.4 Å². The molecule has 0 saturated carbocycles. The third kappa shape index (κ3) is 3.73. The Morgan fingerprint density at radius 3 is 2.89 bits per heavy atom. The molecule has 1 aromatic heterocycles. The number of amides is 1. The molecule has 0 radical (unpaired) electrons. The molecule has 138 valence electrons. The van der Waals surface area contributed by atoms with Gasteiger partial charge >= 0.3 is 6.09 Å². The van der Waals surface area contributed by atoms with E-state index in [1.54, 1.807) is 24.3 Å². The Kier molecular flexibility index (Phi) is 4.79. The van der Waals surface area contributed by atoms with Gasteiger partial charge in [0.05, 0.1) is 10.9 Å². The molecule has 3 aromatic rings. The van der Waals surface area contributed by atoms with Crippen molar-refractivity contribution < 1.29 is 14.6 Å². The molecule has 2 heterocycles. The van der Waals surface area contributed by atoms with Crippen molar-refractivity contribution in [1.29, 1.82) is 0 Å². The molecule has 7 nitrogen and oxygen atoms in total. The fourth-order valence-corrected chi connectivity index (χ4v) is 2.75. The lowest BCUT2D eigenvalue weighted by Crippen LogP contribution is -2.29. The van der Waals surface area contributed by atoms with E-state index in [-0.39, 0.29) is 0 Å². The van der Waals surface area contributed by atoms with Crippen molar-refractivity contribution in [3.8, 4) is 5.75 Å². The number of fused-ring (bicyclic) bond motifs is 2. The van der Waals surface area contributed by atoms with Crippen molar-refractivity contribution in [1.82, 2.24) is 14.9 Å². The molecule has 1 amide bonds. The van der Waals surface area contributed by atoms with E-state index in [1.807, 2.05) is 36.4 Å². The van der Waals surface area contributed by atoms with Gasteiger partial charge in [-0.25, -0.2) is 19.8 Å². The molecule has 2 aromatic carbocycles. The van der Waals surface area contributed by atoms with E-state index in [2.05, 4.69) is 15.0 Å². The number of nitrogens with zero attached hydrogens (tertiary/aromatic N) is 4. The molecule has 2 bridgehead atoms. The minimum absolute atomic E-state index is 0.340. The normalized spacial score (nSPS) is 15.9. The van der Waals surface area contributed by atoms with E-state index in [4.69, 9.17) is 4.74 Å². The summed E-state index contributed by atoms with van der Waals surface area (Å²) >= 11 is 0. The summed E-state index contributed by atoms with van der Waals surface area (Å²) in [5.41, 5.74) is 0.747. The molecule has 0 fully saturated rings. The third-order valence-corrected chi connectivity index (χ3v) is 4.09. The average molecular weight is 372 g/mol. The molecule has 0 unspecified atom stereocenters. The largest absolute Gasteiger partial charge is 0.490 e. The highest BCUT2D eigenvalue weighted by atomic mass is 16.5. The lowest BCUT2D eigenvalue weighted by atomic mass is 10.2. The van der Waals surface area contributed by atoms with E-state index in [1.165, 1.54) is 18.7 Å². The second-order valence-corrected chi connectivity index (χ2v) is 5.95. The Hall–Kier alpha value is -4.00. The minimum Gasteiger partial charge on any atom is -0.490 e. The summed E-state index contributed by atoms with van der Waals surface area (Å²) in [6.45, 7) is 0.340. The van der Waals surface area contributed by atoms with Crippen molar-refractivity contribution in [2.45, 2.75) is 0 Å². The van der Waals surface area contributed by atoms with Crippen LogP contribution in [0.5, 0.6) is 5.75 Å². The van der Waals surface area contributed by atoms with E-state index in [9.17, 15) is 9.90 Å². The smallest absolute Gasteiger partial charge is 0.415 e. The molecule has 1 aliphatic rings. The van der Waals surface area contributed by atoms with Crippen LogP contribution in [-0.4, -0.2) is 32.7 Å². The van der Waals surface area contributed by atoms with Crippen LogP contribution in [0, 0.1) is 0 Å². The van der Waals surface area contributed by atoms with Crippen LogP contribution in [0.25, 0.3) is 17.1 Å². The summed E-state index contributed by atoms with van der Waals surface area (Å²) in [5.74, 6) is 1.16. The number of hydrogen-bond donors (Lipinski definition) is 1. The molecule has 4 rings (SSSR count). The van der Waals surface area contributed by atoms with Gasteiger partial charge in [0.1, 0.15) is 18.7 Å². The second kappa shape index (κ2) is 7.71. The monoisotopic (exact) mass is 372 g/mol. The summed E-state index contributed by atoms with van der Waals surface area (Å²) in [7, 11) is 0. The van der Waals surface area contributed by atoms with Gasteiger partial charge in [0.15, 0.2) is 5.82 Å². The molecule has 7 heteroatoms. The molecule has 1 N–H and O–H groups in total. The van der Waals surface area contributed by atoms with Gasteiger partial charge in [-0.2, -0.15) is 0 Å². The van der Waals surface area contributed by atoms with Gasteiger partial charge in [0, 0.05) is 23.0 Å². The SMILES string of the molecule is O=C(O)N1C=c2ccccc2=Nc2ncnc3ccc(cc23)OC/C=C\C=C/1. The van der Waals surface area contributed by atoms with E-state index in [0.29, 0.717) is 28.8 Å². The summed E-state index contributed by atoms with van der Waals surface area (Å²) in [6, 6.07) is 12.8. The first-order valence-electron chi connectivity index (χ1n) is 8.58. The molecule has 28 heavy (non-hydrogen) atoms. The molecule has 0 aliphatic carbocycles. The van der Waals surface area contributed by atoms with Crippen molar-refractivity contribution in [2.75, 3.05) is 6.61 Å². The highest BCUT2D eigenvalue weighted by Gasteiger charge is 2.07. The van der Waals surface area contributed by atoms with E-state index < -0.39 is 6.09 Å². The fourth-order valence-electron chi connectivity index (χ4n) is 2.75. The Bertz CT molecular complexity index is 1220. The molecular weight excluding hydrogens is 356 g/mol. The number of rotatable bonds is 0. The molecule has 0 saturated heterocycles. The lowest BCUT2D eigenvalue weighted by Gasteiger charge is -2.07. The predicted octanol–water partition coefficient (Wildman–Crippen LogP) is 2.76. The van der Waals surface area contributed by atoms with Crippen LogP contribution >= 0.6 is 0 Å². The van der Waals surface area contributed by atoms with Crippen molar-refractivity contribution in [2.24, 2.45) is 4.99 Å². The molecular formula is C21H16N4O3. The van der Waals surface area contributed by atoms with Gasteiger partial charge < -0.3 is 9.84 Å². The number of ether oxygens (including phenoxy) is 1. The van der Waals surface area contributed by atoms with Crippen LogP contribution in [-0.2, 0) is 0 Å². The average Bonchev–Trinajstić information content (AvgIpc) is 2.71. The summed E-state index contributed by atoms with van der Waals surface area (Å²) in [4.78, 5) is 25.9. The number of benzene rings is 2. The zero-order valence-electron chi connectivity index (χ0n) is 14.8. The molecule has 1 aliphatic heterocycles. The fraction of sp³-hybridized carbons (Fsp3) is 0.0476. The van der Waals surface area contributed by atoms with Crippen LogP contribution in [0.2, 0.25) is 0 Å². The van der Waals surface area contributed by atoms with Gasteiger partial charge in [0.2, 0.25) is 0 Å². The second-order valence-electron chi connectivity index (χ2n) is 5.95. The lowest BCUT2D eigenvalue weighted by molar-refractivity contribution is 0.179. The van der Waals surface area contributed by atoms with Crippen LogP contribution in [0.3, 0.4) is 0 Å². The van der Waals surface area contributed by atoms with Gasteiger partial charge in [-0.1, -0.05) is 24.3 Å². The highest BCUT2D eigenvalue weighted by Crippen LogP contribution is 2.25. The summed E-state index contributed by atoms with van der Waals surface area (Å²) in [5, 5.41) is 11.5. The Morgan fingerprint density at radius 2 is 2.00 bits per heavy atom. The van der Waals surface area contributed by atoms with Crippen LogP contribution in [0.4, 0.5) is 10.6 Å². The van der Waals surface area contributed by atoms with E-state index in [0.717, 1.165) is 15.8 Å². The van der Waals surface area contributed by atoms with Crippen molar-refractivity contribution in [3.05, 3.63) is 83.8 Å². The maximum Gasteiger partial charge on any atom is 0.415 e. The van der Waals surface area contributed by atoms with Crippen molar-refractivity contribution >= 4 is 29.0 Å². The topological polar surface area (TPSA) is 87.9 Å². The van der Waals surface area contributed by atoms with Crippen molar-refractivity contribution in [3.63, 3.8) is 0 Å². The number of carboxylic acid groups (broad SMARTS) is 1. The third-order valence-electron chi connectivity index (χ3n) is 4.09. The number of para-hydroxylation sites is 1. The number of carbonyl (C=O) groups is 1. The zero-order chi connectivity index (χ0) is 19.3. The summed E-state index contributed by atoms with van der Waals surface area (Å²) in [6.07, 6.45) is 8.48. The standard InChI is InChI=1S/C21H16N4O3/c26-21(27)25-10-4-1-5-11-28-16-8-9-19-17(12-16)20(23-14-22-19)24-18-7-3-2-6-15(18)13-25/h1-10,12-14H,11H2,(H,26,27)/b5-1-,10-4-,15-13?,24-18?. The Labute approximate surface area is 160 Å². The van der Waals surface area contributed by atoms with Gasteiger partial charge in [0.25, 0.3) is 0 Å². The van der Waals surface area contributed by atoms with E-state index >= 15 is 0 Å². The minimum atomic E-state index is -1.10. The first-order chi connectivity index (χ1) is 13.7. The Morgan fingerprint density at radius 1 is 1.11 bits per heavy atom. The quantitative estimate of drug-likeness (QED) is 0.656. The predicted molar refractivity (Wildman–Crippen MR) is 105 cm³/mol. The van der Waals surface area contributed by atoms with Crippen LogP contribution < -0.4 is 15.3 Å². The maximum absolute atomic E-state index is 11.6. The maximum atomic E-state index is 11.6. The summed E-state index contributed by atoms with van der Waals surface area (Å²) < 4.78 is 5.73. The number of aromatic nitrogens is 2. The Balaban J connectivity index is 2.00. The molecule has 0 atom stereocenters. The number of hydrogen-bond acceptors (Lipinski definition) is 5. The first kappa shape index (κ1) is 17.4. The highest BCUT2D eigenvalue weighted by molar-refractivity contribution is 5.88. The first-order valence-corrected chi connectivity index (χ1v) is 8.58. The molecule has 0 spiro atoms. The number of allylic oxidation sites excluding steroid dienone is 2. The zero-order valence-corrected chi connectivity index (χ0v) is 14.8.